The van der Waals surface area contributed by atoms with E-state index in [4.69, 9.17) is 9.47 Å². The molecule has 32 heavy (non-hydrogen) atoms. The van der Waals surface area contributed by atoms with Crippen LogP contribution in [0.1, 0.15) is 31.2 Å². The predicted molar refractivity (Wildman–Crippen MR) is 125 cm³/mol. The Kier molecular flexibility index (Phi) is 7.45. The van der Waals surface area contributed by atoms with E-state index in [1.54, 1.807) is 0 Å². The number of piperidine rings is 1. The monoisotopic (exact) mass is 435 g/mol. The average Bonchev–Trinajstić information content (AvgIpc) is 3.26. The highest BCUT2D eigenvalue weighted by Crippen LogP contribution is 2.25. The van der Waals surface area contributed by atoms with Gasteiger partial charge >= 0.3 is 0 Å². The second-order valence-electron chi connectivity index (χ2n) is 8.53. The number of para-hydroxylation sites is 1. The molecule has 4 rings (SSSR count). The number of aliphatic hydroxyl groups is 1. The minimum Gasteiger partial charge on any atom is -0.492 e. The van der Waals surface area contributed by atoms with Crippen LogP contribution in [0.25, 0.3) is 0 Å². The van der Waals surface area contributed by atoms with Crippen LogP contribution in [0, 0.1) is 0 Å². The van der Waals surface area contributed by atoms with E-state index < -0.39 is 5.60 Å². The minimum atomic E-state index is -0.829. The number of aryl methyl sites for hydroxylation is 1. The van der Waals surface area contributed by atoms with Crippen LogP contribution >= 0.6 is 0 Å². The first-order valence-electron chi connectivity index (χ1n) is 11.5. The van der Waals surface area contributed by atoms with E-state index >= 15 is 0 Å². The number of imidazole rings is 1. The van der Waals surface area contributed by atoms with Gasteiger partial charge in [-0.3, -0.25) is 4.90 Å². The average molecular weight is 436 g/mol. The van der Waals surface area contributed by atoms with Gasteiger partial charge in [0.1, 0.15) is 36.1 Å². The van der Waals surface area contributed by atoms with Crippen molar-refractivity contribution in [1.29, 1.82) is 0 Å². The predicted octanol–water partition coefficient (Wildman–Crippen LogP) is 3.93. The second-order valence-corrected chi connectivity index (χ2v) is 8.53. The van der Waals surface area contributed by atoms with Gasteiger partial charge in [-0.25, -0.2) is 4.98 Å². The van der Waals surface area contributed by atoms with Crippen LogP contribution < -0.4 is 9.47 Å². The van der Waals surface area contributed by atoms with Gasteiger partial charge in [0.2, 0.25) is 0 Å². The maximum absolute atomic E-state index is 11.1. The Balaban J connectivity index is 1.28. The fourth-order valence-electron chi connectivity index (χ4n) is 4.30. The normalized spacial score (nSPS) is 19.1. The quantitative estimate of drug-likeness (QED) is 0.523. The van der Waals surface area contributed by atoms with Gasteiger partial charge in [-0.05, 0) is 49.2 Å². The van der Waals surface area contributed by atoms with Crippen molar-refractivity contribution in [2.75, 3.05) is 26.3 Å². The third-order valence-electron chi connectivity index (χ3n) is 5.91. The molecule has 2 aromatic carbocycles. The zero-order valence-corrected chi connectivity index (χ0v) is 18.8. The molecule has 0 bridgehead atoms. The molecular formula is C26H33N3O3. The number of nitrogens with zero attached hydrogens (tertiary/aromatic N) is 3. The van der Waals surface area contributed by atoms with E-state index in [1.807, 2.05) is 54.9 Å². The molecule has 1 aromatic heterocycles. The minimum absolute atomic E-state index is 0.310. The maximum atomic E-state index is 11.1. The van der Waals surface area contributed by atoms with Crippen molar-refractivity contribution in [3.05, 3.63) is 78.4 Å². The van der Waals surface area contributed by atoms with E-state index in [0.717, 1.165) is 56.2 Å². The van der Waals surface area contributed by atoms with Gasteiger partial charge < -0.3 is 19.1 Å². The first kappa shape index (κ1) is 22.4. The smallest absolute Gasteiger partial charge is 0.119 e. The number of aromatic nitrogens is 2. The fourth-order valence-corrected chi connectivity index (χ4v) is 4.30. The molecule has 6 nitrogen and oxygen atoms in total. The highest BCUT2D eigenvalue weighted by Gasteiger charge is 2.34. The van der Waals surface area contributed by atoms with Crippen molar-refractivity contribution in [2.45, 2.75) is 44.9 Å². The number of hydrogen-bond donors (Lipinski definition) is 1. The van der Waals surface area contributed by atoms with Crippen LogP contribution in [0.15, 0.2) is 67.0 Å². The topological polar surface area (TPSA) is 59.8 Å². The van der Waals surface area contributed by atoms with Crippen LogP contribution in [0.5, 0.6) is 11.5 Å². The van der Waals surface area contributed by atoms with Crippen molar-refractivity contribution in [1.82, 2.24) is 14.5 Å². The van der Waals surface area contributed by atoms with Crippen LogP contribution in [0.4, 0.5) is 0 Å². The maximum Gasteiger partial charge on any atom is 0.119 e. The summed E-state index contributed by atoms with van der Waals surface area (Å²) in [4.78, 5) is 6.66. The van der Waals surface area contributed by atoms with E-state index in [2.05, 4.69) is 33.5 Å². The molecule has 0 unspecified atom stereocenters. The number of likely N-dealkylation sites (tertiary alicyclic amines) is 1. The van der Waals surface area contributed by atoms with Gasteiger partial charge in [0.05, 0.1) is 6.54 Å². The van der Waals surface area contributed by atoms with E-state index in [1.165, 1.54) is 5.56 Å². The van der Waals surface area contributed by atoms with Crippen molar-refractivity contribution in [3.8, 4) is 11.5 Å². The molecule has 0 aliphatic carbocycles. The van der Waals surface area contributed by atoms with E-state index in [-0.39, 0.29) is 0 Å². The molecule has 0 amide bonds. The Labute approximate surface area is 190 Å². The van der Waals surface area contributed by atoms with Crippen molar-refractivity contribution in [2.24, 2.45) is 0 Å². The lowest BCUT2D eigenvalue weighted by atomic mass is 9.93. The van der Waals surface area contributed by atoms with Crippen LogP contribution in [-0.2, 0) is 19.5 Å². The SMILES string of the molecule is CCc1nccn1CCOc1cccc(CN2CCC[C@](O)(COc3ccccc3)C2)c1. The molecule has 2 heterocycles. The van der Waals surface area contributed by atoms with Gasteiger partial charge in [0.25, 0.3) is 0 Å². The summed E-state index contributed by atoms with van der Waals surface area (Å²) in [6.45, 7) is 6.17. The molecular weight excluding hydrogens is 402 g/mol. The molecule has 1 aliphatic heterocycles. The molecule has 3 aromatic rings. The molecule has 1 N–H and O–H groups in total. The molecule has 6 heteroatoms. The first-order chi connectivity index (χ1) is 15.6. The van der Waals surface area contributed by atoms with Crippen LogP contribution in [0.3, 0.4) is 0 Å². The highest BCUT2D eigenvalue weighted by atomic mass is 16.5. The molecule has 0 spiro atoms. The largest absolute Gasteiger partial charge is 0.492 e. The molecule has 0 radical (unpaired) electrons. The number of rotatable bonds is 10. The first-order valence-corrected chi connectivity index (χ1v) is 11.5. The number of β-amino-alcohol motifs (C(OH)–C–C–N with tert-alkyl or cyclic N) is 1. The van der Waals surface area contributed by atoms with E-state index in [9.17, 15) is 5.11 Å². The van der Waals surface area contributed by atoms with Crippen LogP contribution in [0.2, 0.25) is 0 Å². The molecule has 170 valence electrons. The van der Waals surface area contributed by atoms with Crippen LogP contribution in [-0.4, -0.2) is 51.5 Å². The summed E-state index contributed by atoms with van der Waals surface area (Å²) in [6.07, 6.45) is 6.46. The summed E-state index contributed by atoms with van der Waals surface area (Å²) in [6, 6.07) is 17.9. The molecule has 0 saturated carbocycles. The van der Waals surface area contributed by atoms with Crippen molar-refractivity contribution in [3.63, 3.8) is 0 Å². The molecule has 1 atom stereocenters. The standard InChI is InChI=1S/C26H33N3O3/c1-2-25-27-13-15-29(25)16-17-31-24-11-6-8-22(18-24)19-28-14-7-12-26(30,20-28)21-32-23-9-4-3-5-10-23/h3-6,8-11,13,15,18,30H,2,7,12,14,16-17,19-21H2,1H3/t26-/m1/s1. The zero-order chi connectivity index (χ0) is 22.2. The van der Waals surface area contributed by atoms with Gasteiger partial charge in [0, 0.05) is 31.9 Å². The number of benzene rings is 2. The number of hydrogen-bond acceptors (Lipinski definition) is 5. The number of ether oxygens (including phenoxy) is 2. The Morgan fingerprint density at radius 3 is 2.75 bits per heavy atom. The summed E-state index contributed by atoms with van der Waals surface area (Å²) in [7, 11) is 0. The highest BCUT2D eigenvalue weighted by molar-refractivity contribution is 5.28. The van der Waals surface area contributed by atoms with E-state index in [0.29, 0.717) is 19.8 Å². The van der Waals surface area contributed by atoms with Gasteiger partial charge in [-0.15, -0.1) is 0 Å². The van der Waals surface area contributed by atoms with Crippen molar-refractivity contribution >= 4 is 0 Å². The lowest BCUT2D eigenvalue weighted by Crippen LogP contribution is -2.51. The van der Waals surface area contributed by atoms with Gasteiger partial charge in [0.15, 0.2) is 0 Å². The lowest BCUT2D eigenvalue weighted by molar-refractivity contribution is -0.0621. The Bertz CT molecular complexity index is 975. The summed E-state index contributed by atoms with van der Waals surface area (Å²) >= 11 is 0. The van der Waals surface area contributed by atoms with Crippen molar-refractivity contribution < 1.29 is 14.6 Å². The molecule has 1 aliphatic rings. The third kappa shape index (κ3) is 6.11. The second kappa shape index (κ2) is 10.7. The zero-order valence-electron chi connectivity index (χ0n) is 18.8. The third-order valence-corrected chi connectivity index (χ3v) is 5.91. The van der Waals surface area contributed by atoms with Gasteiger partial charge in [-0.1, -0.05) is 37.3 Å². The lowest BCUT2D eigenvalue weighted by Gasteiger charge is -2.39. The van der Waals surface area contributed by atoms with Gasteiger partial charge in [-0.2, -0.15) is 0 Å². The molecule has 1 saturated heterocycles. The Morgan fingerprint density at radius 1 is 1.06 bits per heavy atom. The summed E-state index contributed by atoms with van der Waals surface area (Å²) in [5.74, 6) is 2.75. The summed E-state index contributed by atoms with van der Waals surface area (Å²) in [5.41, 5.74) is 0.358. The fraction of sp³-hybridized carbons (Fsp3) is 0.423. The summed E-state index contributed by atoms with van der Waals surface area (Å²) < 4.78 is 14.0. The Morgan fingerprint density at radius 2 is 1.91 bits per heavy atom. The molecule has 1 fully saturated rings. The summed E-state index contributed by atoms with van der Waals surface area (Å²) in [5, 5.41) is 11.1. The Hall–Kier alpha value is -2.83.